The van der Waals surface area contributed by atoms with Gasteiger partial charge in [0, 0.05) is 21.5 Å². The van der Waals surface area contributed by atoms with E-state index in [-0.39, 0.29) is 0 Å². The molecule has 0 atom stereocenters. The van der Waals surface area contributed by atoms with Crippen molar-refractivity contribution in [1.82, 2.24) is 0 Å². The summed E-state index contributed by atoms with van der Waals surface area (Å²) in [5.41, 5.74) is 3.32. The molecular formula is C24H17BBrClNO4. The van der Waals surface area contributed by atoms with Crippen LogP contribution in [0.4, 0.5) is 0 Å². The van der Waals surface area contributed by atoms with Crippen molar-refractivity contribution in [2.75, 3.05) is 0 Å². The molecule has 0 amide bonds. The molecular weight excluding hydrogens is 492 g/mol. The summed E-state index contributed by atoms with van der Waals surface area (Å²) in [5.74, 6) is 0.510. The van der Waals surface area contributed by atoms with Gasteiger partial charge in [0.05, 0.1) is 4.47 Å². The topological polar surface area (TPSA) is 81.8 Å². The van der Waals surface area contributed by atoms with Crippen molar-refractivity contribution in [3.63, 3.8) is 0 Å². The van der Waals surface area contributed by atoms with Gasteiger partial charge in [0.25, 0.3) is 0 Å². The van der Waals surface area contributed by atoms with E-state index in [1.807, 2.05) is 66.7 Å². The summed E-state index contributed by atoms with van der Waals surface area (Å²) < 4.78 is 17.4. The third-order valence-electron chi connectivity index (χ3n) is 4.90. The molecule has 0 saturated heterocycles. The van der Waals surface area contributed by atoms with Crippen molar-refractivity contribution in [2.24, 2.45) is 5.25 Å². The van der Waals surface area contributed by atoms with Gasteiger partial charge in [-0.2, -0.15) is 0 Å². The first-order chi connectivity index (χ1) is 15.8. The summed E-state index contributed by atoms with van der Waals surface area (Å²) in [5, 5.41) is 17.0. The Morgan fingerprint density at radius 2 is 1.19 bits per heavy atom. The van der Waals surface area contributed by atoms with E-state index in [0.29, 0.717) is 19.0 Å². The molecule has 8 heteroatoms. The van der Waals surface area contributed by atoms with Crippen LogP contribution >= 0.6 is 27.7 Å². The van der Waals surface area contributed by atoms with E-state index in [2.05, 4.69) is 45.1 Å². The zero-order chi connectivity index (χ0) is 22.5. The Morgan fingerprint density at radius 3 is 1.81 bits per heavy atom. The van der Waals surface area contributed by atoms with E-state index >= 15 is 0 Å². The lowest BCUT2D eigenvalue weighted by molar-refractivity contribution is 0.451. The molecule has 0 aliphatic heterocycles. The molecule has 159 valence electrons. The molecule has 0 bridgehead atoms. The molecule has 6 aromatic rings. The molecule has 0 aliphatic rings. The molecule has 0 saturated carbocycles. The standard InChI is InChI=1S/C12H8BO3.C12H7BrO.ClH2N/c14-13-16-11-7-3-5-9-8-4-1-2-6-10(8)15-12(9)11;13-10-6-3-5-9-8-4-1-2-7-11(8)14-12(9)10;1-2/h1-7,14H;1-7H;2H2. The van der Waals surface area contributed by atoms with Crippen LogP contribution in [0.25, 0.3) is 43.9 Å². The number of benzene rings is 4. The third-order valence-corrected chi connectivity index (χ3v) is 5.53. The number of halogens is 2. The zero-order valence-electron chi connectivity index (χ0n) is 16.7. The van der Waals surface area contributed by atoms with Crippen molar-refractivity contribution in [1.29, 1.82) is 0 Å². The van der Waals surface area contributed by atoms with Crippen molar-refractivity contribution in [3.8, 4) is 5.75 Å². The number of nitrogens with two attached hydrogens (primary N) is 1. The van der Waals surface area contributed by atoms with E-state index in [4.69, 9.17) is 18.5 Å². The highest BCUT2D eigenvalue weighted by molar-refractivity contribution is 9.10. The van der Waals surface area contributed by atoms with Crippen molar-refractivity contribution in [2.45, 2.75) is 0 Å². The molecule has 0 spiro atoms. The minimum atomic E-state index is 0.510. The zero-order valence-corrected chi connectivity index (χ0v) is 19.0. The van der Waals surface area contributed by atoms with Crippen LogP contribution in [-0.4, -0.2) is 12.7 Å². The highest BCUT2D eigenvalue weighted by Crippen LogP contribution is 2.34. The largest absolute Gasteiger partial charge is 0.569 e. The molecule has 32 heavy (non-hydrogen) atoms. The van der Waals surface area contributed by atoms with Crippen LogP contribution in [0.15, 0.2) is 98.2 Å². The number of hydrogen-bond acceptors (Lipinski definition) is 5. The predicted molar refractivity (Wildman–Crippen MR) is 134 cm³/mol. The highest BCUT2D eigenvalue weighted by Gasteiger charge is 2.10. The molecule has 1 radical (unpaired) electrons. The van der Waals surface area contributed by atoms with Gasteiger partial charge in [0.2, 0.25) is 0 Å². The molecule has 0 fully saturated rings. The predicted octanol–water partition coefficient (Wildman–Crippen LogP) is 6.94. The summed E-state index contributed by atoms with van der Waals surface area (Å²) in [6.45, 7) is 0. The quantitative estimate of drug-likeness (QED) is 0.195. The number of hydrogen-bond donors (Lipinski definition) is 2. The first-order valence-electron chi connectivity index (χ1n) is 9.56. The van der Waals surface area contributed by atoms with E-state index < -0.39 is 0 Å². The fraction of sp³-hybridized carbons (Fsp3) is 0. The second-order valence-corrected chi connectivity index (χ2v) is 7.52. The second kappa shape index (κ2) is 10.1. The minimum Gasteiger partial charge on any atom is -0.535 e. The van der Waals surface area contributed by atoms with Crippen LogP contribution in [0.3, 0.4) is 0 Å². The van der Waals surface area contributed by atoms with Crippen LogP contribution in [0.2, 0.25) is 0 Å². The van der Waals surface area contributed by atoms with Crippen molar-refractivity contribution < 1.29 is 18.5 Å². The molecule has 4 aromatic carbocycles. The van der Waals surface area contributed by atoms with Crippen LogP contribution in [-0.2, 0) is 0 Å². The normalized spacial score (nSPS) is 10.5. The summed E-state index contributed by atoms with van der Waals surface area (Å²) >= 11 is 7.62. The molecule has 2 aromatic heterocycles. The molecule has 6 rings (SSSR count). The first-order valence-corrected chi connectivity index (χ1v) is 10.8. The maximum atomic E-state index is 8.67. The fourth-order valence-corrected chi connectivity index (χ4v) is 4.03. The Kier molecular flexibility index (Phi) is 7.02. The van der Waals surface area contributed by atoms with E-state index in [1.165, 1.54) is 5.39 Å². The van der Waals surface area contributed by atoms with Gasteiger partial charge in [-0.05, 0) is 52.0 Å². The van der Waals surface area contributed by atoms with Gasteiger partial charge in [0.1, 0.15) is 22.5 Å². The molecule has 2 heterocycles. The molecule has 5 nitrogen and oxygen atoms in total. The lowest BCUT2D eigenvalue weighted by Crippen LogP contribution is -1.99. The number of para-hydroxylation sites is 4. The molecule has 3 N–H and O–H groups in total. The monoisotopic (exact) mass is 508 g/mol. The first kappa shape index (κ1) is 22.2. The number of rotatable bonds is 2. The minimum absolute atomic E-state index is 0.510. The van der Waals surface area contributed by atoms with Crippen LogP contribution < -0.4 is 9.91 Å². The van der Waals surface area contributed by atoms with Crippen LogP contribution in [0, 0.1) is 0 Å². The van der Waals surface area contributed by atoms with Crippen LogP contribution in [0.5, 0.6) is 5.75 Å². The summed E-state index contributed by atoms with van der Waals surface area (Å²) in [6, 6.07) is 27.5. The molecule has 0 aliphatic carbocycles. The van der Waals surface area contributed by atoms with Crippen molar-refractivity contribution >= 4 is 79.3 Å². The summed E-state index contributed by atoms with van der Waals surface area (Å²) in [4.78, 5) is 0. The van der Waals surface area contributed by atoms with Gasteiger partial charge in [0.15, 0.2) is 5.58 Å². The molecule has 0 unspecified atom stereocenters. The lowest BCUT2D eigenvalue weighted by Gasteiger charge is -2.00. The van der Waals surface area contributed by atoms with Crippen LogP contribution in [0.1, 0.15) is 0 Å². The van der Waals surface area contributed by atoms with Crippen molar-refractivity contribution in [3.05, 3.63) is 89.4 Å². The maximum Gasteiger partial charge on any atom is 0.569 e. The Morgan fingerprint density at radius 1 is 0.688 bits per heavy atom. The average molecular weight is 510 g/mol. The van der Waals surface area contributed by atoms with E-state index in [9.17, 15) is 0 Å². The smallest absolute Gasteiger partial charge is 0.535 e. The third kappa shape index (κ3) is 4.20. The average Bonchev–Trinajstić information content (AvgIpc) is 3.41. The Hall–Kier alpha value is -2.97. The number of furan rings is 2. The number of fused-ring (bicyclic) bond motifs is 6. The van der Waals surface area contributed by atoms with Gasteiger partial charge in [-0.25, -0.2) is 5.25 Å². The van der Waals surface area contributed by atoms with E-state index in [0.717, 1.165) is 37.4 Å². The fourth-order valence-electron chi connectivity index (χ4n) is 3.58. The van der Waals surface area contributed by atoms with E-state index in [1.54, 1.807) is 6.07 Å². The Labute approximate surface area is 197 Å². The SMILES string of the molecule is Brc1cccc2c1oc1ccccc12.NCl.O[B]Oc1cccc2c1oc1ccccc12. The van der Waals surface area contributed by atoms with Gasteiger partial charge in [-0.15, -0.1) is 0 Å². The Bertz CT molecular complexity index is 1500. The lowest BCUT2D eigenvalue weighted by atomic mass is 10.1. The highest BCUT2D eigenvalue weighted by atomic mass is 79.9. The maximum absolute atomic E-state index is 8.67. The van der Waals surface area contributed by atoms with Gasteiger partial charge in [-0.1, -0.05) is 60.7 Å². The summed E-state index contributed by atoms with van der Waals surface area (Å²) in [7, 11) is 0.655. The Balaban J connectivity index is 0.000000143. The van der Waals surface area contributed by atoms with Gasteiger partial charge >= 0.3 is 7.69 Å². The second-order valence-electron chi connectivity index (χ2n) is 6.67. The summed E-state index contributed by atoms with van der Waals surface area (Å²) in [6.07, 6.45) is 0. The van der Waals surface area contributed by atoms with Gasteiger partial charge in [-0.3, -0.25) is 0 Å². The van der Waals surface area contributed by atoms with Gasteiger partial charge < -0.3 is 18.5 Å².